The SMILES string of the molecule is CC(c1nnc(SCC(=O)N(C)C2CCCCC2)n1-c1ccc(Cl)cc1)N(C)C. The Kier molecular flexibility index (Phi) is 7.60. The van der Waals surface area contributed by atoms with Gasteiger partial charge in [-0.3, -0.25) is 14.3 Å². The molecule has 1 aromatic carbocycles. The zero-order valence-electron chi connectivity index (χ0n) is 17.6. The fourth-order valence-corrected chi connectivity index (χ4v) is 4.62. The predicted octanol–water partition coefficient (Wildman–Crippen LogP) is 4.43. The molecular formula is C21H30ClN5OS. The maximum atomic E-state index is 12.8. The second kappa shape index (κ2) is 9.96. The van der Waals surface area contributed by atoms with Crippen molar-refractivity contribution in [3.63, 3.8) is 0 Å². The Labute approximate surface area is 182 Å². The van der Waals surface area contributed by atoms with Crippen molar-refractivity contribution in [2.45, 2.75) is 56.3 Å². The van der Waals surface area contributed by atoms with Crippen LogP contribution >= 0.6 is 23.4 Å². The number of amides is 1. The number of rotatable bonds is 7. The van der Waals surface area contributed by atoms with Crippen molar-refractivity contribution in [3.8, 4) is 5.69 Å². The van der Waals surface area contributed by atoms with Gasteiger partial charge in [0.1, 0.15) is 0 Å². The van der Waals surface area contributed by atoms with E-state index in [1.54, 1.807) is 0 Å². The largest absolute Gasteiger partial charge is 0.342 e. The fourth-order valence-electron chi connectivity index (χ4n) is 3.61. The highest BCUT2D eigenvalue weighted by Gasteiger charge is 2.24. The summed E-state index contributed by atoms with van der Waals surface area (Å²) >= 11 is 7.52. The monoisotopic (exact) mass is 435 g/mol. The minimum Gasteiger partial charge on any atom is -0.342 e. The molecule has 0 radical (unpaired) electrons. The second-order valence-electron chi connectivity index (χ2n) is 7.88. The minimum atomic E-state index is 0.0770. The van der Waals surface area contributed by atoms with E-state index in [0.717, 1.165) is 29.5 Å². The molecule has 29 heavy (non-hydrogen) atoms. The Morgan fingerprint density at radius 1 is 1.17 bits per heavy atom. The number of thioether (sulfide) groups is 1. The van der Waals surface area contributed by atoms with Crippen molar-refractivity contribution < 1.29 is 4.79 Å². The molecule has 0 spiro atoms. The van der Waals surface area contributed by atoms with E-state index in [1.165, 1.54) is 31.0 Å². The maximum absolute atomic E-state index is 12.8. The van der Waals surface area contributed by atoms with Crippen LogP contribution in [-0.2, 0) is 4.79 Å². The summed E-state index contributed by atoms with van der Waals surface area (Å²) in [6, 6.07) is 8.08. The number of benzene rings is 1. The van der Waals surface area contributed by atoms with E-state index in [-0.39, 0.29) is 11.9 Å². The lowest BCUT2D eigenvalue weighted by Crippen LogP contribution is -2.39. The first-order valence-corrected chi connectivity index (χ1v) is 11.5. The van der Waals surface area contributed by atoms with E-state index in [4.69, 9.17) is 11.6 Å². The van der Waals surface area contributed by atoms with Crippen LogP contribution in [0, 0.1) is 0 Å². The van der Waals surface area contributed by atoms with Crippen LogP contribution in [0.15, 0.2) is 29.4 Å². The van der Waals surface area contributed by atoms with Gasteiger partial charge in [-0.05, 0) is 58.1 Å². The highest BCUT2D eigenvalue weighted by molar-refractivity contribution is 7.99. The van der Waals surface area contributed by atoms with Gasteiger partial charge in [-0.15, -0.1) is 10.2 Å². The Morgan fingerprint density at radius 3 is 2.45 bits per heavy atom. The topological polar surface area (TPSA) is 54.3 Å². The first-order valence-electron chi connectivity index (χ1n) is 10.1. The van der Waals surface area contributed by atoms with Crippen LogP contribution in [0.25, 0.3) is 5.69 Å². The van der Waals surface area contributed by atoms with Crippen molar-refractivity contribution in [2.24, 2.45) is 0 Å². The summed E-state index contributed by atoms with van der Waals surface area (Å²) < 4.78 is 2.03. The number of hydrogen-bond acceptors (Lipinski definition) is 5. The van der Waals surface area contributed by atoms with Crippen LogP contribution in [-0.4, -0.2) is 63.4 Å². The van der Waals surface area contributed by atoms with Gasteiger partial charge in [-0.1, -0.05) is 42.6 Å². The first kappa shape index (κ1) is 22.1. The fraction of sp³-hybridized carbons (Fsp3) is 0.571. The molecule has 3 rings (SSSR count). The van der Waals surface area contributed by atoms with Crippen LogP contribution in [0.4, 0.5) is 0 Å². The van der Waals surface area contributed by atoms with Crippen molar-refractivity contribution in [3.05, 3.63) is 35.1 Å². The average molecular weight is 436 g/mol. The maximum Gasteiger partial charge on any atom is 0.233 e. The molecule has 1 fully saturated rings. The molecular weight excluding hydrogens is 406 g/mol. The molecule has 1 amide bonds. The van der Waals surface area contributed by atoms with E-state index < -0.39 is 0 Å². The lowest BCUT2D eigenvalue weighted by molar-refractivity contribution is -0.129. The number of halogens is 1. The van der Waals surface area contributed by atoms with E-state index in [1.807, 2.05) is 54.9 Å². The lowest BCUT2D eigenvalue weighted by Gasteiger charge is -2.31. The molecule has 0 N–H and O–H groups in total. The molecule has 1 aliphatic carbocycles. The Bertz CT molecular complexity index is 817. The number of carbonyl (C=O) groups is 1. The van der Waals surface area contributed by atoms with Crippen molar-refractivity contribution in [2.75, 3.05) is 26.9 Å². The summed E-state index contributed by atoms with van der Waals surface area (Å²) in [6.07, 6.45) is 5.93. The van der Waals surface area contributed by atoms with E-state index in [2.05, 4.69) is 22.0 Å². The zero-order valence-corrected chi connectivity index (χ0v) is 19.2. The van der Waals surface area contributed by atoms with Crippen LogP contribution in [0.1, 0.15) is 50.9 Å². The Morgan fingerprint density at radius 2 is 1.83 bits per heavy atom. The van der Waals surface area contributed by atoms with Gasteiger partial charge in [0.05, 0.1) is 11.8 Å². The normalized spacial score (nSPS) is 16.2. The zero-order chi connectivity index (χ0) is 21.0. The number of nitrogens with zero attached hydrogens (tertiary/aromatic N) is 5. The van der Waals surface area contributed by atoms with Gasteiger partial charge in [0, 0.05) is 23.8 Å². The van der Waals surface area contributed by atoms with Gasteiger partial charge < -0.3 is 4.90 Å². The second-order valence-corrected chi connectivity index (χ2v) is 9.26. The molecule has 1 aliphatic rings. The average Bonchev–Trinajstić information content (AvgIpc) is 3.15. The van der Waals surface area contributed by atoms with Crippen molar-refractivity contribution >= 4 is 29.3 Å². The quantitative estimate of drug-likeness (QED) is 0.602. The Hall–Kier alpha value is -1.57. The lowest BCUT2D eigenvalue weighted by atomic mass is 9.94. The first-order chi connectivity index (χ1) is 13.9. The molecule has 0 bridgehead atoms. The summed E-state index contributed by atoms with van der Waals surface area (Å²) in [4.78, 5) is 16.8. The molecule has 1 atom stereocenters. The van der Waals surface area contributed by atoms with Crippen LogP contribution in [0.5, 0.6) is 0 Å². The summed E-state index contributed by atoms with van der Waals surface area (Å²) in [5, 5.41) is 10.3. The van der Waals surface area contributed by atoms with E-state index >= 15 is 0 Å². The van der Waals surface area contributed by atoms with Crippen molar-refractivity contribution in [1.29, 1.82) is 0 Å². The van der Waals surface area contributed by atoms with Crippen LogP contribution < -0.4 is 0 Å². The molecule has 158 valence electrons. The molecule has 1 saturated carbocycles. The summed E-state index contributed by atoms with van der Waals surface area (Å²) in [5.41, 5.74) is 0.943. The standard InChI is InChI=1S/C21H30ClN5OS/c1-15(25(2)3)20-23-24-21(27(20)18-12-10-16(22)11-13-18)29-14-19(28)26(4)17-8-6-5-7-9-17/h10-13,15,17H,5-9,14H2,1-4H3. The van der Waals surface area contributed by atoms with E-state index in [0.29, 0.717) is 16.8 Å². The third kappa shape index (κ3) is 5.32. The van der Waals surface area contributed by atoms with Gasteiger partial charge >= 0.3 is 0 Å². The van der Waals surface area contributed by atoms with Gasteiger partial charge in [-0.2, -0.15) is 0 Å². The van der Waals surface area contributed by atoms with E-state index in [9.17, 15) is 4.79 Å². The summed E-state index contributed by atoms with van der Waals surface area (Å²) in [6.45, 7) is 2.09. The van der Waals surface area contributed by atoms with Crippen LogP contribution in [0.2, 0.25) is 5.02 Å². The summed E-state index contributed by atoms with van der Waals surface area (Å²) in [5.74, 6) is 1.34. The molecule has 0 saturated heterocycles. The van der Waals surface area contributed by atoms with Crippen molar-refractivity contribution in [1.82, 2.24) is 24.6 Å². The highest BCUT2D eigenvalue weighted by atomic mass is 35.5. The smallest absolute Gasteiger partial charge is 0.233 e. The number of aromatic nitrogens is 3. The molecule has 6 nitrogen and oxygen atoms in total. The molecule has 1 heterocycles. The molecule has 1 aromatic heterocycles. The molecule has 2 aromatic rings. The highest BCUT2D eigenvalue weighted by Crippen LogP contribution is 2.28. The third-order valence-electron chi connectivity index (χ3n) is 5.73. The number of carbonyl (C=O) groups excluding carboxylic acids is 1. The molecule has 0 aliphatic heterocycles. The van der Waals surface area contributed by atoms with Gasteiger partial charge in [0.25, 0.3) is 0 Å². The number of hydrogen-bond donors (Lipinski definition) is 0. The minimum absolute atomic E-state index is 0.0770. The van der Waals surface area contributed by atoms with Gasteiger partial charge in [0.15, 0.2) is 11.0 Å². The van der Waals surface area contributed by atoms with Gasteiger partial charge in [-0.25, -0.2) is 0 Å². The predicted molar refractivity (Wildman–Crippen MR) is 119 cm³/mol. The molecule has 8 heteroatoms. The molecule has 1 unspecified atom stereocenters. The third-order valence-corrected chi connectivity index (χ3v) is 6.90. The Balaban J connectivity index is 1.79. The van der Waals surface area contributed by atoms with Gasteiger partial charge in [0.2, 0.25) is 5.91 Å². The van der Waals surface area contributed by atoms with Crippen LogP contribution in [0.3, 0.4) is 0 Å². The summed E-state index contributed by atoms with van der Waals surface area (Å²) in [7, 11) is 5.96.